The monoisotopic (exact) mass is 212 g/mol. The SMILES string of the molecule is CCCCCCO/N=C(C#N)\C(N)=N/O. The maximum absolute atomic E-state index is 8.54. The van der Waals surface area contributed by atoms with Crippen LogP contribution in [0.15, 0.2) is 10.3 Å². The molecular weight excluding hydrogens is 196 g/mol. The van der Waals surface area contributed by atoms with Gasteiger partial charge in [-0.15, -0.1) is 0 Å². The van der Waals surface area contributed by atoms with E-state index >= 15 is 0 Å². The Balaban J connectivity index is 3.79. The molecule has 3 N–H and O–H groups in total. The van der Waals surface area contributed by atoms with E-state index in [-0.39, 0.29) is 11.5 Å². The minimum atomic E-state index is -0.342. The van der Waals surface area contributed by atoms with Gasteiger partial charge in [-0.3, -0.25) is 0 Å². The van der Waals surface area contributed by atoms with Crippen LogP contribution < -0.4 is 5.73 Å². The highest BCUT2D eigenvalue weighted by atomic mass is 16.6. The normalized spacial score (nSPS) is 12.3. The zero-order chi connectivity index (χ0) is 11.5. The lowest BCUT2D eigenvalue weighted by atomic mass is 10.2. The van der Waals surface area contributed by atoms with Gasteiger partial charge in [-0.25, -0.2) is 0 Å². The van der Waals surface area contributed by atoms with E-state index in [0.29, 0.717) is 6.61 Å². The van der Waals surface area contributed by atoms with Gasteiger partial charge in [-0.2, -0.15) is 5.26 Å². The predicted octanol–water partition coefficient (Wildman–Crippen LogP) is 1.21. The molecule has 0 spiro atoms. The lowest BCUT2D eigenvalue weighted by Gasteiger charge is -1.99. The summed E-state index contributed by atoms with van der Waals surface area (Å²) in [5, 5.41) is 22.9. The van der Waals surface area contributed by atoms with E-state index in [1.807, 2.05) is 0 Å². The van der Waals surface area contributed by atoms with E-state index < -0.39 is 0 Å². The van der Waals surface area contributed by atoms with Crippen LogP contribution in [0.5, 0.6) is 0 Å². The minimum Gasteiger partial charge on any atom is -0.409 e. The Labute approximate surface area is 89.0 Å². The van der Waals surface area contributed by atoms with Crippen LogP contribution in [0.4, 0.5) is 0 Å². The van der Waals surface area contributed by atoms with E-state index in [9.17, 15) is 0 Å². The summed E-state index contributed by atoms with van der Waals surface area (Å²) in [6.45, 7) is 2.55. The first-order valence-electron chi connectivity index (χ1n) is 4.84. The highest BCUT2D eigenvalue weighted by Crippen LogP contribution is 1.98. The van der Waals surface area contributed by atoms with Crippen molar-refractivity contribution < 1.29 is 10.0 Å². The largest absolute Gasteiger partial charge is 0.409 e. The minimum absolute atomic E-state index is 0.215. The molecule has 0 aromatic heterocycles. The highest BCUT2D eigenvalue weighted by Gasteiger charge is 2.04. The molecule has 0 fully saturated rings. The molecule has 6 nitrogen and oxygen atoms in total. The van der Waals surface area contributed by atoms with Gasteiger partial charge in [0.2, 0.25) is 11.5 Å². The van der Waals surface area contributed by atoms with Crippen LogP contribution in [0.2, 0.25) is 0 Å². The number of oxime groups is 2. The quantitative estimate of drug-likeness (QED) is 0.217. The molecule has 0 saturated carbocycles. The van der Waals surface area contributed by atoms with Gasteiger partial charge in [0, 0.05) is 0 Å². The highest BCUT2D eigenvalue weighted by molar-refractivity contribution is 6.46. The van der Waals surface area contributed by atoms with Gasteiger partial charge >= 0.3 is 0 Å². The molecule has 0 heterocycles. The van der Waals surface area contributed by atoms with Crippen molar-refractivity contribution in [3.63, 3.8) is 0 Å². The predicted molar refractivity (Wildman–Crippen MR) is 56.6 cm³/mol. The summed E-state index contributed by atoms with van der Waals surface area (Å²) in [6.07, 6.45) is 4.25. The molecular formula is C9H16N4O2. The van der Waals surface area contributed by atoms with Crippen LogP contribution in [0.25, 0.3) is 0 Å². The average Bonchev–Trinajstić information content (AvgIpc) is 2.27. The third-order valence-electron chi connectivity index (χ3n) is 1.70. The molecule has 15 heavy (non-hydrogen) atoms. The first kappa shape index (κ1) is 13.2. The summed E-state index contributed by atoms with van der Waals surface area (Å²) in [6, 6.07) is 1.66. The van der Waals surface area contributed by atoms with E-state index in [4.69, 9.17) is 21.0 Å². The molecule has 0 rings (SSSR count). The van der Waals surface area contributed by atoms with Crippen LogP contribution >= 0.6 is 0 Å². The standard InChI is InChI=1S/C9H16N4O2/c1-2-3-4-5-6-15-13-8(7-10)9(11)12-14/h14H,2-6H2,1H3,(H2,11,12)/b13-8-. The maximum Gasteiger partial charge on any atom is 0.224 e. The molecule has 0 aromatic rings. The van der Waals surface area contributed by atoms with Crippen molar-refractivity contribution >= 4 is 11.5 Å². The summed E-state index contributed by atoms with van der Waals surface area (Å²) >= 11 is 0. The van der Waals surface area contributed by atoms with E-state index in [0.717, 1.165) is 25.7 Å². The van der Waals surface area contributed by atoms with Gasteiger partial charge in [0.1, 0.15) is 12.7 Å². The van der Waals surface area contributed by atoms with Crippen LogP contribution in [0.1, 0.15) is 32.6 Å². The molecule has 0 unspecified atom stereocenters. The van der Waals surface area contributed by atoms with Crippen LogP contribution in [0, 0.1) is 11.3 Å². The van der Waals surface area contributed by atoms with E-state index in [2.05, 4.69) is 17.2 Å². The Morgan fingerprint density at radius 1 is 1.47 bits per heavy atom. The molecule has 0 aliphatic carbocycles. The van der Waals surface area contributed by atoms with Crippen LogP contribution in [-0.2, 0) is 4.84 Å². The van der Waals surface area contributed by atoms with E-state index in [1.54, 1.807) is 6.07 Å². The lowest BCUT2D eigenvalue weighted by Crippen LogP contribution is -2.22. The summed E-state index contributed by atoms with van der Waals surface area (Å²) in [5.41, 5.74) is 4.94. The summed E-state index contributed by atoms with van der Waals surface area (Å²) in [7, 11) is 0. The molecule has 0 aliphatic heterocycles. The molecule has 0 bridgehead atoms. The fourth-order valence-corrected chi connectivity index (χ4v) is 0.875. The molecule has 0 radical (unpaired) electrons. The molecule has 0 aliphatic rings. The topological polar surface area (TPSA) is 104 Å². The molecule has 0 amide bonds. The summed E-state index contributed by atoms with van der Waals surface area (Å²) in [4.78, 5) is 4.85. The Kier molecular flexibility index (Phi) is 7.77. The van der Waals surface area contributed by atoms with Gasteiger partial charge < -0.3 is 15.8 Å². The third kappa shape index (κ3) is 6.32. The number of amidine groups is 1. The number of nitrogens with zero attached hydrogens (tertiary/aromatic N) is 3. The fourth-order valence-electron chi connectivity index (χ4n) is 0.875. The number of hydrogen-bond acceptors (Lipinski definition) is 5. The van der Waals surface area contributed by atoms with Gasteiger partial charge in [-0.05, 0) is 12.8 Å². The van der Waals surface area contributed by atoms with Crippen molar-refractivity contribution in [3.8, 4) is 6.07 Å². The van der Waals surface area contributed by atoms with Crippen molar-refractivity contribution in [2.75, 3.05) is 6.61 Å². The average molecular weight is 212 g/mol. The number of nitriles is 1. The van der Waals surface area contributed by atoms with Crippen LogP contribution in [0.3, 0.4) is 0 Å². The van der Waals surface area contributed by atoms with Gasteiger partial charge in [0.25, 0.3) is 0 Å². The second kappa shape index (κ2) is 8.81. The van der Waals surface area contributed by atoms with Crippen molar-refractivity contribution in [2.24, 2.45) is 16.0 Å². The van der Waals surface area contributed by atoms with Crippen molar-refractivity contribution in [1.82, 2.24) is 0 Å². The second-order valence-electron chi connectivity index (χ2n) is 2.93. The first-order valence-corrected chi connectivity index (χ1v) is 4.84. The van der Waals surface area contributed by atoms with Crippen molar-refractivity contribution in [3.05, 3.63) is 0 Å². The smallest absolute Gasteiger partial charge is 0.224 e. The molecule has 84 valence electrons. The molecule has 0 atom stereocenters. The number of hydrogen-bond donors (Lipinski definition) is 2. The fraction of sp³-hybridized carbons (Fsp3) is 0.667. The number of rotatable bonds is 7. The van der Waals surface area contributed by atoms with Gasteiger partial charge in [0.15, 0.2) is 0 Å². The Bertz CT molecular complexity index is 268. The first-order chi connectivity index (χ1) is 7.26. The summed E-state index contributed by atoms with van der Waals surface area (Å²) < 4.78 is 0. The maximum atomic E-state index is 8.54. The van der Waals surface area contributed by atoms with Crippen molar-refractivity contribution in [2.45, 2.75) is 32.6 Å². The van der Waals surface area contributed by atoms with E-state index in [1.165, 1.54) is 0 Å². The Morgan fingerprint density at radius 2 is 2.20 bits per heavy atom. The third-order valence-corrected chi connectivity index (χ3v) is 1.70. The van der Waals surface area contributed by atoms with Crippen LogP contribution in [-0.4, -0.2) is 23.4 Å². The van der Waals surface area contributed by atoms with Gasteiger partial charge in [-0.1, -0.05) is 30.1 Å². The Morgan fingerprint density at radius 3 is 2.73 bits per heavy atom. The molecule has 0 saturated heterocycles. The summed E-state index contributed by atoms with van der Waals surface area (Å²) in [5.74, 6) is -0.342. The lowest BCUT2D eigenvalue weighted by molar-refractivity contribution is 0.140. The zero-order valence-corrected chi connectivity index (χ0v) is 8.81. The molecule has 6 heteroatoms. The van der Waals surface area contributed by atoms with Gasteiger partial charge in [0.05, 0.1) is 0 Å². The Hall–Kier alpha value is -1.77. The van der Waals surface area contributed by atoms with Crippen molar-refractivity contribution in [1.29, 1.82) is 5.26 Å². The zero-order valence-electron chi connectivity index (χ0n) is 8.81. The molecule has 0 aromatic carbocycles. The second-order valence-corrected chi connectivity index (χ2v) is 2.93. The number of unbranched alkanes of at least 4 members (excludes halogenated alkanes) is 3. The number of nitrogens with two attached hydrogens (primary N) is 1.